The zero-order valence-electron chi connectivity index (χ0n) is 21.8. The summed E-state index contributed by atoms with van der Waals surface area (Å²) in [5.41, 5.74) is 0.706. The fourth-order valence-corrected chi connectivity index (χ4v) is 4.95. The summed E-state index contributed by atoms with van der Waals surface area (Å²) >= 11 is 6.43. The highest BCUT2D eigenvalue weighted by molar-refractivity contribution is 6.33. The summed E-state index contributed by atoms with van der Waals surface area (Å²) in [7, 11) is 6.41. The van der Waals surface area contributed by atoms with Crippen LogP contribution in [0.4, 0.5) is 14.6 Å². The normalized spacial score (nSPS) is 15.0. The number of likely N-dealkylation sites (N-methyl/N-ethyl adjacent to an activating group) is 1. The summed E-state index contributed by atoms with van der Waals surface area (Å²) in [6.45, 7) is 1.99. The van der Waals surface area contributed by atoms with E-state index in [1.165, 1.54) is 29.0 Å². The van der Waals surface area contributed by atoms with Gasteiger partial charge in [-0.3, -0.25) is 9.59 Å². The van der Waals surface area contributed by atoms with Crippen LogP contribution in [-0.4, -0.2) is 80.9 Å². The number of nitrogens with zero attached hydrogens (tertiary/aromatic N) is 4. The Morgan fingerprint density at radius 1 is 1.19 bits per heavy atom. The SMILES string of the molecule is COc1cccc(C(C(=O)N(C)CCCC2CCN(c3ncc(C(=O)N(C)C)cc3Cl)CC2)C(F)F)c1. The van der Waals surface area contributed by atoms with E-state index in [4.69, 9.17) is 16.3 Å². The second-order valence-electron chi connectivity index (χ2n) is 9.65. The number of piperidine rings is 1. The Morgan fingerprint density at radius 2 is 1.89 bits per heavy atom. The van der Waals surface area contributed by atoms with E-state index in [-0.39, 0.29) is 11.5 Å². The van der Waals surface area contributed by atoms with Crippen LogP contribution in [0.5, 0.6) is 5.75 Å². The molecule has 0 radical (unpaired) electrons. The van der Waals surface area contributed by atoms with Gasteiger partial charge in [-0.2, -0.15) is 0 Å². The molecule has 1 atom stereocenters. The maximum absolute atomic E-state index is 13.8. The number of amides is 2. The molecule has 2 amide bonds. The Balaban J connectivity index is 1.49. The van der Waals surface area contributed by atoms with E-state index in [2.05, 4.69) is 9.88 Å². The van der Waals surface area contributed by atoms with E-state index < -0.39 is 18.3 Å². The molecular formula is C27H35ClF2N4O3. The maximum Gasteiger partial charge on any atom is 0.254 e. The molecule has 1 saturated heterocycles. The summed E-state index contributed by atoms with van der Waals surface area (Å²) in [6, 6.07) is 7.96. The minimum atomic E-state index is -2.80. The minimum absolute atomic E-state index is 0.147. The molecule has 37 heavy (non-hydrogen) atoms. The van der Waals surface area contributed by atoms with Gasteiger partial charge in [0.1, 0.15) is 17.5 Å². The average Bonchev–Trinajstić information content (AvgIpc) is 2.88. The number of hydrogen-bond acceptors (Lipinski definition) is 5. The number of halogens is 3. The summed E-state index contributed by atoms with van der Waals surface area (Å²) < 4.78 is 32.8. The number of benzene rings is 1. The zero-order valence-corrected chi connectivity index (χ0v) is 22.5. The Morgan fingerprint density at radius 3 is 2.49 bits per heavy atom. The van der Waals surface area contributed by atoms with Gasteiger partial charge in [0.05, 0.1) is 17.7 Å². The third kappa shape index (κ3) is 7.31. The van der Waals surface area contributed by atoms with Gasteiger partial charge >= 0.3 is 0 Å². The monoisotopic (exact) mass is 536 g/mol. The molecule has 1 aromatic heterocycles. The third-order valence-corrected chi connectivity index (χ3v) is 7.12. The van der Waals surface area contributed by atoms with Crippen LogP contribution in [0, 0.1) is 5.92 Å². The fraction of sp³-hybridized carbons (Fsp3) is 0.519. The van der Waals surface area contributed by atoms with Gasteiger partial charge in [0.15, 0.2) is 0 Å². The standard InChI is InChI=1S/C27H35ClF2N4O3/c1-32(2)26(35)20-16-22(28)25(31-17-20)34-13-10-18(11-14-34)7-6-12-33(3)27(36)23(24(29)30)19-8-5-9-21(15-19)37-4/h5,8-9,15-18,23-24H,6-7,10-14H2,1-4H3. The molecular weight excluding hydrogens is 502 g/mol. The third-order valence-electron chi connectivity index (χ3n) is 6.84. The molecule has 0 spiro atoms. The van der Waals surface area contributed by atoms with Crippen molar-refractivity contribution in [3.63, 3.8) is 0 Å². The van der Waals surface area contributed by atoms with E-state index in [0.29, 0.717) is 34.6 Å². The van der Waals surface area contributed by atoms with Gasteiger partial charge in [-0.25, -0.2) is 13.8 Å². The molecule has 0 aliphatic carbocycles. The number of aromatic nitrogens is 1. The summed E-state index contributed by atoms with van der Waals surface area (Å²) in [5.74, 6) is -0.658. The molecule has 7 nitrogen and oxygen atoms in total. The fourth-order valence-electron chi connectivity index (χ4n) is 4.67. The number of rotatable bonds is 10. The second kappa shape index (κ2) is 13.0. The summed E-state index contributed by atoms with van der Waals surface area (Å²) in [6.07, 6.45) is 2.28. The van der Waals surface area contributed by atoms with Crippen molar-refractivity contribution in [2.45, 2.75) is 38.0 Å². The van der Waals surface area contributed by atoms with Crippen molar-refractivity contribution in [2.75, 3.05) is 52.8 Å². The molecule has 0 saturated carbocycles. The molecule has 10 heteroatoms. The van der Waals surface area contributed by atoms with Crippen molar-refractivity contribution in [1.82, 2.24) is 14.8 Å². The number of anilines is 1. The lowest BCUT2D eigenvalue weighted by Gasteiger charge is -2.33. The molecule has 3 rings (SSSR count). The number of methoxy groups -OCH3 is 1. The van der Waals surface area contributed by atoms with Crippen LogP contribution in [-0.2, 0) is 4.79 Å². The lowest BCUT2D eigenvalue weighted by molar-refractivity contribution is -0.135. The summed E-state index contributed by atoms with van der Waals surface area (Å²) in [5, 5.41) is 0.455. The highest BCUT2D eigenvalue weighted by Gasteiger charge is 2.33. The number of alkyl halides is 2. The smallest absolute Gasteiger partial charge is 0.254 e. The van der Waals surface area contributed by atoms with Crippen LogP contribution >= 0.6 is 11.6 Å². The van der Waals surface area contributed by atoms with E-state index in [0.717, 1.165) is 38.8 Å². The Kier molecular flexibility index (Phi) is 10.1. The first-order valence-corrected chi connectivity index (χ1v) is 12.8. The number of carbonyl (C=O) groups is 2. The average molecular weight is 537 g/mol. The Bertz CT molecular complexity index is 1080. The molecule has 2 aromatic rings. The minimum Gasteiger partial charge on any atom is -0.497 e. The molecule has 202 valence electrons. The van der Waals surface area contributed by atoms with Crippen LogP contribution in [0.2, 0.25) is 5.02 Å². The molecule has 2 heterocycles. The van der Waals surface area contributed by atoms with Gasteiger partial charge in [0, 0.05) is 47.0 Å². The van der Waals surface area contributed by atoms with E-state index >= 15 is 0 Å². The first-order chi connectivity index (χ1) is 17.6. The quantitative estimate of drug-likeness (QED) is 0.430. The summed E-state index contributed by atoms with van der Waals surface area (Å²) in [4.78, 5) is 34.4. The number of pyridine rings is 1. The molecule has 0 N–H and O–H groups in total. The van der Waals surface area contributed by atoms with E-state index in [9.17, 15) is 18.4 Å². The first kappa shape index (κ1) is 28.6. The Hall–Kier alpha value is -2.94. The van der Waals surface area contributed by atoms with Crippen molar-refractivity contribution in [1.29, 1.82) is 0 Å². The van der Waals surface area contributed by atoms with Gasteiger partial charge in [-0.15, -0.1) is 0 Å². The molecule has 0 bridgehead atoms. The highest BCUT2D eigenvalue weighted by Crippen LogP contribution is 2.31. The van der Waals surface area contributed by atoms with Crippen molar-refractivity contribution in [2.24, 2.45) is 5.92 Å². The lowest BCUT2D eigenvalue weighted by Crippen LogP contribution is -2.36. The van der Waals surface area contributed by atoms with Crippen molar-refractivity contribution in [3.8, 4) is 5.75 Å². The topological polar surface area (TPSA) is 66.0 Å². The zero-order chi connectivity index (χ0) is 27.1. The van der Waals surface area contributed by atoms with Crippen LogP contribution in [0.3, 0.4) is 0 Å². The largest absolute Gasteiger partial charge is 0.497 e. The highest BCUT2D eigenvalue weighted by atomic mass is 35.5. The molecule has 1 aromatic carbocycles. The van der Waals surface area contributed by atoms with Gasteiger partial charge < -0.3 is 19.4 Å². The van der Waals surface area contributed by atoms with E-state index in [1.807, 2.05) is 0 Å². The van der Waals surface area contributed by atoms with Gasteiger partial charge in [-0.05, 0) is 55.4 Å². The van der Waals surface area contributed by atoms with Crippen LogP contribution in [0.15, 0.2) is 36.5 Å². The molecule has 1 aliphatic rings. The van der Waals surface area contributed by atoms with Crippen LogP contribution in [0.25, 0.3) is 0 Å². The van der Waals surface area contributed by atoms with Crippen molar-refractivity contribution < 1.29 is 23.1 Å². The second-order valence-corrected chi connectivity index (χ2v) is 10.1. The van der Waals surface area contributed by atoms with Crippen LogP contribution < -0.4 is 9.64 Å². The predicted molar refractivity (Wildman–Crippen MR) is 141 cm³/mol. The first-order valence-electron chi connectivity index (χ1n) is 12.4. The van der Waals surface area contributed by atoms with Crippen LogP contribution in [0.1, 0.15) is 47.5 Å². The number of hydrogen-bond donors (Lipinski definition) is 0. The Labute approximate surface area is 222 Å². The van der Waals surface area contributed by atoms with Gasteiger partial charge in [0.25, 0.3) is 12.3 Å². The van der Waals surface area contributed by atoms with Gasteiger partial charge in [0.2, 0.25) is 5.91 Å². The molecule has 1 unspecified atom stereocenters. The molecule has 1 aliphatic heterocycles. The predicted octanol–water partition coefficient (Wildman–Crippen LogP) is 4.95. The van der Waals surface area contributed by atoms with Crippen molar-refractivity contribution >= 4 is 29.2 Å². The van der Waals surface area contributed by atoms with Crippen molar-refractivity contribution in [3.05, 3.63) is 52.7 Å². The lowest BCUT2D eigenvalue weighted by atomic mass is 9.92. The number of carbonyl (C=O) groups excluding carboxylic acids is 2. The number of ether oxygens (including phenoxy) is 1. The molecule has 1 fully saturated rings. The maximum atomic E-state index is 13.8. The van der Waals surface area contributed by atoms with Gasteiger partial charge in [-0.1, -0.05) is 23.7 Å². The van der Waals surface area contributed by atoms with E-state index in [1.54, 1.807) is 45.5 Å².